The molecule has 2 aliphatic heterocycles. The second-order valence-corrected chi connectivity index (χ2v) is 9.76. The Morgan fingerprint density at radius 1 is 1.06 bits per heavy atom. The lowest BCUT2D eigenvalue weighted by atomic mass is 9.84. The fourth-order valence-corrected chi connectivity index (χ4v) is 5.39. The quantitative estimate of drug-likeness (QED) is 0.446. The van der Waals surface area contributed by atoms with Gasteiger partial charge in [-0.3, -0.25) is 9.69 Å². The minimum Gasteiger partial charge on any atom is -0.486 e. The van der Waals surface area contributed by atoms with Gasteiger partial charge in [-0.2, -0.15) is 0 Å². The molecule has 5 rings (SSSR count). The Morgan fingerprint density at radius 3 is 2.57 bits per heavy atom. The SMILES string of the molecule is CN(C(=O)c1ccco1)C(Cc1ccccc1Cl)C1CCN(Cc2ccc3c(c2)OCCO3)CC1. The van der Waals surface area contributed by atoms with E-state index in [1.807, 2.05) is 36.2 Å². The molecule has 1 atom stereocenters. The smallest absolute Gasteiger partial charge is 0.289 e. The van der Waals surface area contributed by atoms with Crippen LogP contribution in [0.3, 0.4) is 0 Å². The minimum atomic E-state index is -0.0919. The molecule has 184 valence electrons. The van der Waals surface area contributed by atoms with Gasteiger partial charge in [-0.05, 0) is 79.7 Å². The highest BCUT2D eigenvalue weighted by Crippen LogP contribution is 2.33. The predicted octanol–water partition coefficient (Wildman–Crippen LogP) is 5.30. The first-order valence-corrected chi connectivity index (χ1v) is 12.6. The number of likely N-dealkylation sites (N-methyl/N-ethyl adjacent to an activating group) is 1. The number of hydrogen-bond donors (Lipinski definition) is 0. The number of nitrogens with zero attached hydrogens (tertiary/aromatic N) is 2. The first kappa shape index (κ1) is 23.8. The summed E-state index contributed by atoms with van der Waals surface area (Å²) >= 11 is 6.51. The molecular formula is C28H31ClN2O4. The van der Waals surface area contributed by atoms with Crippen LogP contribution in [-0.2, 0) is 13.0 Å². The molecule has 2 aliphatic rings. The van der Waals surface area contributed by atoms with E-state index in [-0.39, 0.29) is 11.9 Å². The molecule has 1 fully saturated rings. The van der Waals surface area contributed by atoms with Crippen LogP contribution in [0.5, 0.6) is 11.5 Å². The molecule has 1 amide bonds. The van der Waals surface area contributed by atoms with Crippen LogP contribution < -0.4 is 9.47 Å². The van der Waals surface area contributed by atoms with Gasteiger partial charge in [0.2, 0.25) is 0 Å². The normalized spacial score (nSPS) is 17.2. The molecule has 0 spiro atoms. The lowest BCUT2D eigenvalue weighted by Gasteiger charge is -2.40. The average Bonchev–Trinajstić information content (AvgIpc) is 3.43. The van der Waals surface area contributed by atoms with Gasteiger partial charge in [-0.1, -0.05) is 35.9 Å². The molecule has 0 saturated carbocycles. The number of ether oxygens (including phenoxy) is 2. The summed E-state index contributed by atoms with van der Waals surface area (Å²) in [5.41, 5.74) is 2.29. The summed E-state index contributed by atoms with van der Waals surface area (Å²) in [5.74, 6) is 2.30. The number of carbonyl (C=O) groups is 1. The third-order valence-corrected chi connectivity index (χ3v) is 7.49. The monoisotopic (exact) mass is 494 g/mol. The van der Waals surface area contributed by atoms with Crippen LogP contribution in [0.4, 0.5) is 0 Å². The Balaban J connectivity index is 1.27. The summed E-state index contributed by atoms with van der Waals surface area (Å²) in [7, 11) is 1.88. The molecule has 1 aromatic heterocycles. The van der Waals surface area contributed by atoms with Crippen LogP contribution in [0.15, 0.2) is 65.3 Å². The van der Waals surface area contributed by atoms with Crippen molar-refractivity contribution in [1.29, 1.82) is 0 Å². The van der Waals surface area contributed by atoms with Crippen molar-refractivity contribution in [2.24, 2.45) is 5.92 Å². The Kier molecular flexibility index (Phi) is 7.30. The number of furan rings is 1. The average molecular weight is 495 g/mol. The van der Waals surface area contributed by atoms with Crippen molar-refractivity contribution < 1.29 is 18.7 Å². The minimum absolute atomic E-state index is 0.0314. The van der Waals surface area contributed by atoms with Crippen LogP contribution in [0, 0.1) is 5.92 Å². The first-order valence-electron chi connectivity index (χ1n) is 12.2. The van der Waals surface area contributed by atoms with Crippen molar-refractivity contribution in [1.82, 2.24) is 9.80 Å². The largest absolute Gasteiger partial charge is 0.486 e. The van der Waals surface area contributed by atoms with E-state index in [1.165, 1.54) is 5.56 Å². The summed E-state index contributed by atoms with van der Waals surface area (Å²) in [6.07, 6.45) is 4.28. The molecule has 0 aliphatic carbocycles. The van der Waals surface area contributed by atoms with E-state index in [9.17, 15) is 4.79 Å². The third kappa shape index (κ3) is 5.49. The van der Waals surface area contributed by atoms with E-state index in [2.05, 4.69) is 23.1 Å². The molecule has 0 radical (unpaired) electrons. The van der Waals surface area contributed by atoms with Gasteiger partial charge in [-0.15, -0.1) is 0 Å². The van der Waals surface area contributed by atoms with Crippen LogP contribution in [0.2, 0.25) is 5.02 Å². The van der Waals surface area contributed by atoms with Gasteiger partial charge in [0.05, 0.1) is 6.26 Å². The van der Waals surface area contributed by atoms with E-state index in [0.717, 1.165) is 61.0 Å². The van der Waals surface area contributed by atoms with Gasteiger partial charge in [0, 0.05) is 24.7 Å². The molecule has 35 heavy (non-hydrogen) atoms. The van der Waals surface area contributed by atoms with Crippen molar-refractivity contribution in [3.8, 4) is 11.5 Å². The maximum atomic E-state index is 13.2. The second-order valence-electron chi connectivity index (χ2n) is 9.35. The summed E-state index contributed by atoms with van der Waals surface area (Å²) in [5, 5.41) is 0.743. The highest BCUT2D eigenvalue weighted by atomic mass is 35.5. The number of fused-ring (bicyclic) bond motifs is 1. The lowest BCUT2D eigenvalue weighted by Crippen LogP contribution is -2.47. The standard InChI is InChI=1S/C28H31ClN2O4/c1-30(28(32)26-7-4-14-33-26)24(18-22-5-2-3-6-23(22)29)21-10-12-31(13-11-21)19-20-8-9-25-27(17-20)35-16-15-34-25/h2-9,14,17,21,24H,10-13,15-16,18-19H2,1H3. The predicted molar refractivity (Wildman–Crippen MR) is 135 cm³/mol. The van der Waals surface area contributed by atoms with Crippen molar-refractivity contribution in [2.75, 3.05) is 33.4 Å². The van der Waals surface area contributed by atoms with Crippen molar-refractivity contribution >= 4 is 17.5 Å². The van der Waals surface area contributed by atoms with Crippen LogP contribution in [0.1, 0.15) is 34.5 Å². The molecule has 3 aromatic rings. The number of rotatable bonds is 7. The van der Waals surface area contributed by atoms with Crippen LogP contribution in [0.25, 0.3) is 0 Å². The third-order valence-electron chi connectivity index (χ3n) is 7.13. The molecule has 0 bridgehead atoms. The summed E-state index contributed by atoms with van der Waals surface area (Å²) in [6.45, 7) is 4.02. The lowest BCUT2D eigenvalue weighted by molar-refractivity contribution is 0.0556. The zero-order valence-electron chi connectivity index (χ0n) is 20.0. The molecule has 0 N–H and O–H groups in total. The number of benzene rings is 2. The summed E-state index contributed by atoms with van der Waals surface area (Å²) in [4.78, 5) is 17.5. The maximum Gasteiger partial charge on any atom is 0.289 e. The first-order chi connectivity index (χ1) is 17.1. The van der Waals surface area contributed by atoms with Crippen LogP contribution in [-0.4, -0.2) is 55.1 Å². The Labute approximate surface area is 211 Å². The molecular weight excluding hydrogens is 464 g/mol. The van der Waals surface area contributed by atoms with Gasteiger partial charge in [0.1, 0.15) is 13.2 Å². The highest BCUT2D eigenvalue weighted by molar-refractivity contribution is 6.31. The van der Waals surface area contributed by atoms with Crippen molar-refractivity contribution in [2.45, 2.75) is 31.8 Å². The van der Waals surface area contributed by atoms with E-state index >= 15 is 0 Å². The van der Waals surface area contributed by atoms with Crippen LogP contribution >= 0.6 is 11.6 Å². The molecule has 2 aromatic carbocycles. The summed E-state index contributed by atoms with van der Waals surface area (Å²) < 4.78 is 16.8. The van der Waals surface area contributed by atoms with E-state index in [4.69, 9.17) is 25.5 Å². The Morgan fingerprint density at radius 2 is 1.83 bits per heavy atom. The van der Waals surface area contributed by atoms with Gasteiger partial charge in [-0.25, -0.2) is 0 Å². The van der Waals surface area contributed by atoms with Crippen molar-refractivity contribution in [3.05, 3.63) is 82.8 Å². The molecule has 3 heterocycles. The fraction of sp³-hybridized carbons (Fsp3) is 0.393. The number of piperidine rings is 1. The van der Waals surface area contributed by atoms with Gasteiger partial charge < -0.3 is 18.8 Å². The molecule has 7 heteroatoms. The summed E-state index contributed by atoms with van der Waals surface area (Å²) in [6, 6.07) is 17.6. The van der Waals surface area contributed by atoms with Gasteiger partial charge >= 0.3 is 0 Å². The molecule has 6 nitrogen and oxygen atoms in total. The van der Waals surface area contributed by atoms with Gasteiger partial charge in [0.25, 0.3) is 5.91 Å². The Bertz CT molecular complexity index is 1140. The molecule has 1 saturated heterocycles. The van der Waals surface area contributed by atoms with E-state index in [1.54, 1.807) is 18.4 Å². The maximum absolute atomic E-state index is 13.2. The highest BCUT2D eigenvalue weighted by Gasteiger charge is 2.33. The Hall–Kier alpha value is -2.96. The zero-order valence-corrected chi connectivity index (χ0v) is 20.7. The topological polar surface area (TPSA) is 55.2 Å². The molecule has 1 unspecified atom stereocenters. The van der Waals surface area contributed by atoms with Gasteiger partial charge in [0.15, 0.2) is 17.3 Å². The number of likely N-dealkylation sites (tertiary alicyclic amines) is 1. The van der Waals surface area contributed by atoms with E-state index < -0.39 is 0 Å². The zero-order chi connectivity index (χ0) is 24.2. The number of halogens is 1. The van der Waals surface area contributed by atoms with Crippen molar-refractivity contribution in [3.63, 3.8) is 0 Å². The number of amides is 1. The second kappa shape index (κ2) is 10.8. The fourth-order valence-electron chi connectivity index (χ4n) is 5.17. The number of carbonyl (C=O) groups excluding carboxylic acids is 1. The number of hydrogen-bond acceptors (Lipinski definition) is 5. The van der Waals surface area contributed by atoms with E-state index in [0.29, 0.717) is 24.9 Å².